The molecule has 5 heteroatoms. The molecule has 2 aliphatic rings. The van der Waals surface area contributed by atoms with Crippen LogP contribution in [0.5, 0.6) is 0 Å². The van der Waals surface area contributed by atoms with E-state index >= 15 is 0 Å². The molecule has 0 radical (unpaired) electrons. The lowest BCUT2D eigenvalue weighted by atomic mass is 10.1. The molecule has 2 aromatic rings. The summed E-state index contributed by atoms with van der Waals surface area (Å²) in [7, 11) is 0. The Bertz CT molecular complexity index is 627. The van der Waals surface area contributed by atoms with Crippen molar-refractivity contribution in [1.29, 1.82) is 0 Å². The smallest absolute Gasteiger partial charge is 0.289 e. The summed E-state index contributed by atoms with van der Waals surface area (Å²) in [5.74, 6) is 0.397. The maximum Gasteiger partial charge on any atom is 0.289 e. The molecule has 0 fully saturated rings. The molecule has 0 bridgehead atoms. The van der Waals surface area contributed by atoms with Crippen molar-refractivity contribution in [3.05, 3.63) is 41.1 Å². The molecule has 1 aliphatic heterocycles. The number of aromatic nitrogens is 2. The topological polar surface area (TPSA) is 51.3 Å². The minimum absolute atomic E-state index is 0.0239. The number of aryl methyl sites for hydroxylation is 1. The average Bonchev–Trinajstić information content (AvgIpc) is 3.14. The van der Waals surface area contributed by atoms with Crippen molar-refractivity contribution in [3.8, 4) is 0 Å². The number of carbonyl (C=O) groups excluding carboxylic acids is 1. The van der Waals surface area contributed by atoms with E-state index in [1.807, 2.05) is 4.90 Å². The van der Waals surface area contributed by atoms with Crippen LogP contribution >= 0.6 is 0 Å². The first kappa shape index (κ1) is 10.8. The summed E-state index contributed by atoms with van der Waals surface area (Å²) < 4.78 is 7.28. The molecule has 0 atom stereocenters. The Balaban J connectivity index is 1.63. The van der Waals surface area contributed by atoms with Gasteiger partial charge in [-0.25, -0.2) is 0 Å². The van der Waals surface area contributed by atoms with Crippen molar-refractivity contribution in [2.45, 2.75) is 32.4 Å². The normalized spacial score (nSPS) is 17.4. The first-order valence-corrected chi connectivity index (χ1v) is 6.73. The Labute approximate surface area is 110 Å². The molecule has 1 amide bonds. The highest BCUT2D eigenvalue weighted by Gasteiger charge is 2.29. The van der Waals surface area contributed by atoms with E-state index in [1.165, 1.54) is 23.4 Å². The van der Waals surface area contributed by atoms with Crippen LogP contribution in [0.25, 0.3) is 0 Å². The highest BCUT2D eigenvalue weighted by Crippen LogP contribution is 2.28. The second-order valence-electron chi connectivity index (χ2n) is 5.15. The molecule has 1 aliphatic carbocycles. The molecule has 0 aromatic carbocycles. The van der Waals surface area contributed by atoms with Crippen LogP contribution in [-0.4, -0.2) is 27.1 Å². The monoisotopic (exact) mass is 257 g/mol. The molecule has 0 saturated heterocycles. The summed E-state index contributed by atoms with van der Waals surface area (Å²) in [4.78, 5) is 14.2. The summed E-state index contributed by atoms with van der Waals surface area (Å²) in [5, 5.41) is 4.64. The third kappa shape index (κ3) is 1.61. The zero-order valence-corrected chi connectivity index (χ0v) is 10.6. The second kappa shape index (κ2) is 3.98. The highest BCUT2D eigenvalue weighted by molar-refractivity contribution is 5.91. The van der Waals surface area contributed by atoms with Gasteiger partial charge < -0.3 is 9.32 Å². The van der Waals surface area contributed by atoms with Gasteiger partial charge in [-0.3, -0.25) is 9.48 Å². The van der Waals surface area contributed by atoms with Crippen LogP contribution in [0, 0.1) is 0 Å². The first-order chi connectivity index (χ1) is 9.33. The molecule has 0 unspecified atom stereocenters. The minimum Gasteiger partial charge on any atom is -0.459 e. The fraction of sp³-hybridized carbons (Fsp3) is 0.429. The quantitative estimate of drug-likeness (QED) is 0.780. The maximum absolute atomic E-state index is 12.3. The number of carbonyl (C=O) groups is 1. The third-order valence-corrected chi connectivity index (χ3v) is 4.03. The van der Waals surface area contributed by atoms with Gasteiger partial charge in [-0.15, -0.1) is 0 Å². The fourth-order valence-corrected chi connectivity index (χ4v) is 3.08. The zero-order valence-electron chi connectivity index (χ0n) is 10.6. The predicted molar refractivity (Wildman–Crippen MR) is 67.7 cm³/mol. The molecule has 0 N–H and O–H groups in total. The van der Waals surface area contributed by atoms with Gasteiger partial charge in [-0.1, -0.05) is 0 Å². The van der Waals surface area contributed by atoms with Gasteiger partial charge in [0.25, 0.3) is 5.91 Å². The molecule has 0 saturated carbocycles. The van der Waals surface area contributed by atoms with Crippen molar-refractivity contribution < 1.29 is 9.21 Å². The summed E-state index contributed by atoms with van der Waals surface area (Å²) >= 11 is 0. The van der Waals surface area contributed by atoms with Crippen LogP contribution in [0.3, 0.4) is 0 Å². The van der Waals surface area contributed by atoms with Crippen molar-refractivity contribution >= 4 is 5.91 Å². The van der Waals surface area contributed by atoms with E-state index in [2.05, 4.69) is 9.78 Å². The molecule has 98 valence electrons. The van der Waals surface area contributed by atoms with Crippen LogP contribution in [0.2, 0.25) is 0 Å². The summed E-state index contributed by atoms with van der Waals surface area (Å²) in [6.07, 6.45) is 4.92. The van der Waals surface area contributed by atoms with Gasteiger partial charge in [-0.05, 0) is 37.0 Å². The fourth-order valence-electron chi connectivity index (χ4n) is 3.08. The Morgan fingerprint density at radius 1 is 1.32 bits per heavy atom. The summed E-state index contributed by atoms with van der Waals surface area (Å²) in [5.41, 5.74) is 3.83. The van der Waals surface area contributed by atoms with Crippen LogP contribution in [0.15, 0.2) is 22.8 Å². The van der Waals surface area contributed by atoms with Crippen molar-refractivity contribution in [2.24, 2.45) is 0 Å². The van der Waals surface area contributed by atoms with Gasteiger partial charge in [0.1, 0.15) is 0 Å². The molecular weight excluding hydrogens is 242 g/mol. The molecule has 0 spiro atoms. The van der Waals surface area contributed by atoms with Crippen molar-refractivity contribution in [3.63, 3.8) is 0 Å². The van der Waals surface area contributed by atoms with E-state index in [0.29, 0.717) is 18.8 Å². The van der Waals surface area contributed by atoms with Gasteiger partial charge in [0.2, 0.25) is 0 Å². The van der Waals surface area contributed by atoms with Crippen molar-refractivity contribution in [1.82, 2.24) is 14.7 Å². The lowest BCUT2D eigenvalue weighted by Crippen LogP contribution is -2.38. The van der Waals surface area contributed by atoms with E-state index < -0.39 is 0 Å². The predicted octanol–water partition coefficient (Wildman–Crippen LogP) is 1.62. The Hall–Kier alpha value is -2.04. The van der Waals surface area contributed by atoms with E-state index in [1.54, 1.807) is 18.4 Å². The Morgan fingerprint density at radius 3 is 3.11 bits per heavy atom. The number of rotatable bonds is 1. The molecule has 2 aromatic heterocycles. The standard InChI is InChI=1S/C14H15N3O2/c18-14(13-5-2-8-19-13)16-6-7-17-12(9-16)10-3-1-4-11(10)15-17/h2,5,8H,1,3-4,6-7,9H2. The van der Waals surface area contributed by atoms with E-state index in [0.717, 1.165) is 19.4 Å². The van der Waals surface area contributed by atoms with Crippen LogP contribution in [0.1, 0.15) is 33.9 Å². The molecule has 4 rings (SSSR count). The summed E-state index contributed by atoms with van der Waals surface area (Å²) in [6, 6.07) is 3.47. The van der Waals surface area contributed by atoms with Gasteiger partial charge in [0.05, 0.1) is 30.7 Å². The molecular formula is C14H15N3O2. The van der Waals surface area contributed by atoms with Crippen LogP contribution in [0.4, 0.5) is 0 Å². The molecule has 5 nitrogen and oxygen atoms in total. The van der Waals surface area contributed by atoms with E-state index in [-0.39, 0.29) is 5.91 Å². The molecule has 3 heterocycles. The number of hydrogen-bond donors (Lipinski definition) is 0. The number of amides is 1. The summed E-state index contributed by atoms with van der Waals surface area (Å²) in [6.45, 7) is 2.14. The lowest BCUT2D eigenvalue weighted by Gasteiger charge is -2.27. The van der Waals surface area contributed by atoms with Crippen LogP contribution < -0.4 is 0 Å². The highest BCUT2D eigenvalue weighted by atomic mass is 16.3. The van der Waals surface area contributed by atoms with Gasteiger partial charge in [-0.2, -0.15) is 5.10 Å². The second-order valence-corrected chi connectivity index (χ2v) is 5.15. The Kier molecular flexibility index (Phi) is 2.27. The van der Waals surface area contributed by atoms with Gasteiger partial charge in [0.15, 0.2) is 5.76 Å². The average molecular weight is 257 g/mol. The Morgan fingerprint density at radius 2 is 2.26 bits per heavy atom. The zero-order chi connectivity index (χ0) is 12.8. The van der Waals surface area contributed by atoms with E-state index in [4.69, 9.17) is 4.42 Å². The lowest BCUT2D eigenvalue weighted by molar-refractivity contribution is 0.0673. The van der Waals surface area contributed by atoms with Crippen LogP contribution in [-0.2, 0) is 25.9 Å². The van der Waals surface area contributed by atoms with Crippen molar-refractivity contribution in [2.75, 3.05) is 6.54 Å². The molecule has 19 heavy (non-hydrogen) atoms. The van der Waals surface area contributed by atoms with Gasteiger partial charge >= 0.3 is 0 Å². The number of fused-ring (bicyclic) bond motifs is 3. The number of nitrogens with zero attached hydrogens (tertiary/aromatic N) is 3. The van der Waals surface area contributed by atoms with E-state index in [9.17, 15) is 4.79 Å². The maximum atomic E-state index is 12.3. The SMILES string of the molecule is O=C(c1ccco1)N1CCn2nc3c(c2C1)CCC3. The minimum atomic E-state index is -0.0239. The third-order valence-electron chi connectivity index (χ3n) is 4.03. The number of furan rings is 1. The largest absolute Gasteiger partial charge is 0.459 e. The first-order valence-electron chi connectivity index (χ1n) is 6.73. The number of hydrogen-bond acceptors (Lipinski definition) is 3. The van der Waals surface area contributed by atoms with Gasteiger partial charge in [0, 0.05) is 6.54 Å².